The summed E-state index contributed by atoms with van der Waals surface area (Å²) < 4.78 is 48.8. The van der Waals surface area contributed by atoms with E-state index in [0.29, 0.717) is 12.8 Å². The van der Waals surface area contributed by atoms with Crippen molar-refractivity contribution < 1.29 is 53.2 Å². The van der Waals surface area contributed by atoms with Crippen molar-refractivity contribution in [3.63, 3.8) is 0 Å². The zero-order chi connectivity index (χ0) is 30.9. The van der Waals surface area contributed by atoms with Crippen LogP contribution in [0.1, 0.15) is 26.2 Å². The summed E-state index contributed by atoms with van der Waals surface area (Å²) in [6, 6.07) is -3.77. The minimum absolute atomic E-state index is 0.00721. The Labute approximate surface area is 244 Å². The zero-order valence-corrected chi connectivity index (χ0v) is 23.7. The van der Waals surface area contributed by atoms with Gasteiger partial charge in [-0.25, -0.2) is 4.39 Å². The number of halogens is 1. The molecular formula is C25H49FN6O10. The van der Waals surface area contributed by atoms with Gasteiger partial charge in [-0.3, -0.25) is 0 Å². The van der Waals surface area contributed by atoms with E-state index in [4.69, 9.17) is 62.8 Å². The molecule has 1 saturated carbocycles. The molecule has 17 heteroatoms. The molecule has 16 nitrogen and oxygen atoms in total. The van der Waals surface area contributed by atoms with Gasteiger partial charge in [0, 0.05) is 24.5 Å². The number of hydrogen-bond donors (Lipinski definition) is 10. The fourth-order valence-electron chi connectivity index (χ4n) is 6.06. The SMILES string of the molecule is C[C@@H]1[C@@H](N)[C@@H](O[C@H]2[C@@H](O)[C@H](O[C@@H]3[C@@H](O)[C@H](N)C[C@H](N)[C@H]3O[C@H]3O[C@H]([C@H](N)CF)CC[C@H]3N)O[C@@H]2CO)O[C@@H](CN)[C@H]1O. The van der Waals surface area contributed by atoms with Gasteiger partial charge in [-0.05, 0) is 19.3 Å². The molecule has 18 atom stereocenters. The summed E-state index contributed by atoms with van der Waals surface area (Å²) in [4.78, 5) is 0. The quantitative estimate of drug-likeness (QED) is 0.110. The van der Waals surface area contributed by atoms with Crippen LogP contribution in [0, 0.1) is 5.92 Å². The maximum absolute atomic E-state index is 13.2. The first-order valence-electron chi connectivity index (χ1n) is 14.5. The highest BCUT2D eigenvalue weighted by Gasteiger charge is 2.53. The molecule has 0 aromatic heterocycles. The molecule has 1 aliphatic carbocycles. The number of aliphatic hydroxyl groups excluding tert-OH is 4. The molecule has 4 rings (SSSR count). The molecule has 246 valence electrons. The number of rotatable bonds is 10. The third-order valence-corrected chi connectivity index (χ3v) is 8.89. The molecule has 3 aliphatic heterocycles. The van der Waals surface area contributed by atoms with Crippen molar-refractivity contribution >= 4 is 0 Å². The van der Waals surface area contributed by atoms with Gasteiger partial charge in [-0.1, -0.05) is 6.92 Å². The molecule has 0 amide bonds. The number of hydrogen-bond acceptors (Lipinski definition) is 16. The molecule has 0 bridgehead atoms. The van der Waals surface area contributed by atoms with Crippen LogP contribution in [0.3, 0.4) is 0 Å². The minimum atomic E-state index is -1.49. The van der Waals surface area contributed by atoms with Crippen molar-refractivity contribution in [1.29, 1.82) is 0 Å². The maximum Gasteiger partial charge on any atom is 0.187 e. The standard InChI is InChI=1S/C25H49FN6O10/c1-8-16(32)24(38-14(6-27)17(8)34)41-21-15(7-33)39-25(19(21)36)42-22-18(35)10(29)4-11(30)20(22)40-23-9(28)2-3-13(37-23)12(31)5-26/h8-25,33-36H,2-7,27-32H2,1H3/t8-,9-,10-,11+,12-,13+,14+,15-,16-,17+,18+,19-,20-,21-,22-,23-,24-,25+/m1/s1. The average Bonchev–Trinajstić information content (AvgIpc) is 3.27. The van der Waals surface area contributed by atoms with Gasteiger partial charge in [0.2, 0.25) is 0 Å². The van der Waals surface area contributed by atoms with Crippen LogP contribution in [0.15, 0.2) is 0 Å². The summed E-state index contributed by atoms with van der Waals surface area (Å²) in [6.07, 6.45) is -12.0. The van der Waals surface area contributed by atoms with Gasteiger partial charge in [-0.2, -0.15) is 0 Å². The maximum atomic E-state index is 13.2. The Morgan fingerprint density at radius 3 is 2.07 bits per heavy atom. The molecule has 0 unspecified atom stereocenters. The monoisotopic (exact) mass is 612 g/mol. The van der Waals surface area contributed by atoms with E-state index < -0.39 is 123 Å². The normalized spacial score (nSPS) is 51.0. The van der Waals surface area contributed by atoms with Gasteiger partial charge < -0.3 is 83.2 Å². The van der Waals surface area contributed by atoms with Crippen LogP contribution in [0.25, 0.3) is 0 Å². The summed E-state index contributed by atoms with van der Waals surface area (Å²) in [5.74, 6) is -0.443. The number of aliphatic hydroxyl groups is 4. The third-order valence-electron chi connectivity index (χ3n) is 8.89. The van der Waals surface area contributed by atoms with Gasteiger partial charge in [0.05, 0.1) is 49.1 Å². The van der Waals surface area contributed by atoms with Crippen molar-refractivity contribution in [2.24, 2.45) is 40.3 Å². The number of ether oxygens (including phenoxy) is 6. The van der Waals surface area contributed by atoms with E-state index in [0.717, 1.165) is 0 Å². The summed E-state index contributed by atoms with van der Waals surface area (Å²) in [7, 11) is 0. The van der Waals surface area contributed by atoms with Gasteiger partial charge in [0.25, 0.3) is 0 Å². The lowest BCUT2D eigenvalue weighted by molar-refractivity contribution is -0.290. The van der Waals surface area contributed by atoms with E-state index in [1.807, 2.05) is 0 Å². The molecule has 3 saturated heterocycles. The largest absolute Gasteiger partial charge is 0.394 e. The summed E-state index contributed by atoms with van der Waals surface area (Å²) >= 11 is 0. The van der Waals surface area contributed by atoms with E-state index in [2.05, 4.69) is 0 Å². The lowest BCUT2D eigenvalue weighted by Crippen LogP contribution is -2.65. The van der Waals surface area contributed by atoms with Gasteiger partial charge >= 0.3 is 0 Å². The topological polar surface area (TPSA) is 292 Å². The molecule has 42 heavy (non-hydrogen) atoms. The van der Waals surface area contributed by atoms with Crippen LogP contribution in [0.4, 0.5) is 4.39 Å². The van der Waals surface area contributed by atoms with Gasteiger partial charge in [0.15, 0.2) is 18.9 Å². The fourth-order valence-corrected chi connectivity index (χ4v) is 6.06. The predicted octanol–water partition coefficient (Wildman–Crippen LogP) is -5.22. The molecule has 3 heterocycles. The van der Waals surface area contributed by atoms with E-state index in [9.17, 15) is 24.8 Å². The molecule has 0 spiro atoms. The molecule has 0 radical (unpaired) electrons. The van der Waals surface area contributed by atoms with Crippen molar-refractivity contribution in [1.82, 2.24) is 0 Å². The van der Waals surface area contributed by atoms with Crippen LogP contribution >= 0.6 is 0 Å². The van der Waals surface area contributed by atoms with E-state index in [1.54, 1.807) is 6.92 Å². The van der Waals surface area contributed by atoms with Crippen LogP contribution in [-0.2, 0) is 28.4 Å². The van der Waals surface area contributed by atoms with Crippen LogP contribution in [-0.4, -0.2) is 144 Å². The average molecular weight is 613 g/mol. The lowest BCUT2D eigenvalue weighted by Gasteiger charge is -2.46. The Morgan fingerprint density at radius 2 is 1.43 bits per heavy atom. The summed E-state index contributed by atoms with van der Waals surface area (Å²) in [5, 5.41) is 42.6. The Bertz CT molecular complexity index is 858. The lowest BCUT2D eigenvalue weighted by atomic mass is 9.84. The van der Waals surface area contributed by atoms with Crippen molar-refractivity contribution in [2.45, 2.75) is 130 Å². The molecule has 4 fully saturated rings. The fraction of sp³-hybridized carbons (Fsp3) is 1.00. The van der Waals surface area contributed by atoms with Gasteiger partial charge in [0.1, 0.15) is 37.2 Å². The molecule has 4 aliphatic rings. The van der Waals surface area contributed by atoms with Crippen molar-refractivity contribution in [3.05, 3.63) is 0 Å². The molecule has 0 aromatic carbocycles. The van der Waals surface area contributed by atoms with E-state index in [1.165, 1.54) is 0 Å². The van der Waals surface area contributed by atoms with Crippen LogP contribution in [0.2, 0.25) is 0 Å². The van der Waals surface area contributed by atoms with Crippen molar-refractivity contribution in [3.8, 4) is 0 Å². The first-order valence-corrected chi connectivity index (χ1v) is 14.5. The Balaban J connectivity index is 1.48. The molecule has 0 aromatic rings. The minimum Gasteiger partial charge on any atom is -0.394 e. The molecular weight excluding hydrogens is 563 g/mol. The second-order valence-electron chi connectivity index (χ2n) is 11.9. The summed E-state index contributed by atoms with van der Waals surface area (Å²) in [6.45, 7) is 0.382. The predicted molar refractivity (Wildman–Crippen MR) is 144 cm³/mol. The van der Waals surface area contributed by atoms with Crippen LogP contribution < -0.4 is 34.4 Å². The zero-order valence-electron chi connectivity index (χ0n) is 23.7. The summed E-state index contributed by atoms with van der Waals surface area (Å²) in [5.41, 5.74) is 36.5. The highest BCUT2D eigenvalue weighted by atomic mass is 19.1. The highest BCUT2D eigenvalue weighted by molar-refractivity contribution is 5.01. The van der Waals surface area contributed by atoms with Crippen LogP contribution in [0.5, 0.6) is 0 Å². The highest BCUT2D eigenvalue weighted by Crippen LogP contribution is 2.35. The Kier molecular flexibility index (Phi) is 11.9. The Hall–Kier alpha value is -0.710. The second kappa shape index (κ2) is 14.6. The number of alkyl halides is 1. The molecule has 16 N–H and O–H groups in total. The van der Waals surface area contributed by atoms with Crippen molar-refractivity contribution in [2.75, 3.05) is 19.8 Å². The Morgan fingerprint density at radius 1 is 0.786 bits per heavy atom. The second-order valence-corrected chi connectivity index (χ2v) is 11.9. The van der Waals surface area contributed by atoms with Gasteiger partial charge in [-0.15, -0.1) is 0 Å². The first-order chi connectivity index (χ1) is 19.9. The first kappa shape index (κ1) is 34.2. The third kappa shape index (κ3) is 7.07. The number of nitrogens with two attached hydrogens (primary N) is 6. The van der Waals surface area contributed by atoms with E-state index >= 15 is 0 Å². The smallest absolute Gasteiger partial charge is 0.187 e. The van der Waals surface area contributed by atoms with E-state index in [-0.39, 0.29) is 13.0 Å².